The maximum absolute atomic E-state index is 5.38. The van der Waals surface area contributed by atoms with E-state index in [0.717, 1.165) is 19.0 Å². The molecule has 0 bridgehead atoms. The Hall–Kier alpha value is -0.120. The molecule has 0 aliphatic carbocycles. The van der Waals surface area contributed by atoms with Crippen molar-refractivity contribution in [2.45, 2.75) is 32.7 Å². The van der Waals surface area contributed by atoms with Gasteiger partial charge in [0.1, 0.15) is 0 Å². The summed E-state index contributed by atoms with van der Waals surface area (Å²) in [4.78, 5) is 0. The van der Waals surface area contributed by atoms with Gasteiger partial charge in [-0.25, -0.2) is 0 Å². The molecule has 0 aliphatic rings. The number of nitrogens with two attached hydrogens (primary N) is 3. The first-order chi connectivity index (χ1) is 5.77. The Balaban J connectivity index is 2.82. The number of quaternary nitrogens is 2. The normalized spacial score (nSPS) is 11.0. The fourth-order valence-corrected chi connectivity index (χ4v) is 1.12. The zero-order valence-corrected chi connectivity index (χ0v) is 8.55. The van der Waals surface area contributed by atoms with Gasteiger partial charge >= 0.3 is 0 Å². The summed E-state index contributed by atoms with van der Waals surface area (Å²) in [6.45, 7) is 9.00. The summed E-state index contributed by atoms with van der Waals surface area (Å²) in [7, 11) is 0. The van der Waals surface area contributed by atoms with Gasteiger partial charge in [0, 0.05) is 12.8 Å². The van der Waals surface area contributed by atoms with Gasteiger partial charge in [0.25, 0.3) is 0 Å². The average molecular weight is 175 g/mol. The van der Waals surface area contributed by atoms with Crippen molar-refractivity contribution < 1.29 is 10.6 Å². The Kier molecular flexibility index (Phi) is 8.88. The molecule has 0 radical (unpaired) electrons. The molecule has 0 rings (SSSR count). The van der Waals surface area contributed by atoms with Crippen LogP contribution in [0.5, 0.6) is 0 Å². The first-order valence-corrected chi connectivity index (χ1v) is 5.12. The maximum atomic E-state index is 5.38. The monoisotopic (exact) mass is 175 g/mol. The lowest BCUT2D eigenvalue weighted by Gasteiger charge is -2.03. The van der Waals surface area contributed by atoms with Crippen molar-refractivity contribution in [1.82, 2.24) is 0 Å². The van der Waals surface area contributed by atoms with E-state index in [9.17, 15) is 0 Å². The highest BCUT2D eigenvalue weighted by Crippen LogP contribution is 1.66. The van der Waals surface area contributed by atoms with Crippen LogP contribution in [-0.2, 0) is 0 Å². The van der Waals surface area contributed by atoms with E-state index in [1.807, 2.05) is 0 Å². The van der Waals surface area contributed by atoms with Crippen molar-refractivity contribution in [1.29, 1.82) is 0 Å². The second-order valence-electron chi connectivity index (χ2n) is 3.63. The van der Waals surface area contributed by atoms with Crippen molar-refractivity contribution >= 4 is 0 Å². The van der Waals surface area contributed by atoms with E-state index in [0.29, 0.717) is 0 Å². The Morgan fingerprint density at radius 2 is 1.75 bits per heavy atom. The quantitative estimate of drug-likeness (QED) is 0.377. The molecule has 0 heterocycles. The fraction of sp³-hybridized carbons (Fsp3) is 1.00. The molecule has 0 amide bonds. The largest absolute Gasteiger partial charge is 0.346 e. The second-order valence-corrected chi connectivity index (χ2v) is 3.63. The zero-order valence-electron chi connectivity index (χ0n) is 8.55. The first kappa shape index (κ1) is 11.9. The lowest BCUT2D eigenvalue weighted by molar-refractivity contribution is -0.697. The maximum Gasteiger partial charge on any atom is 0.0811 e. The first-order valence-electron chi connectivity index (χ1n) is 5.12. The van der Waals surface area contributed by atoms with Crippen LogP contribution in [0.3, 0.4) is 0 Å². The molecule has 0 atom stereocenters. The number of hydrogen-bond donors (Lipinski definition) is 3. The molecule has 0 unspecified atom stereocenters. The van der Waals surface area contributed by atoms with E-state index >= 15 is 0 Å². The minimum Gasteiger partial charge on any atom is -0.346 e. The van der Waals surface area contributed by atoms with Gasteiger partial charge in [-0.15, -0.1) is 0 Å². The molecule has 0 aromatic carbocycles. The van der Waals surface area contributed by atoms with Crippen LogP contribution < -0.4 is 16.4 Å². The van der Waals surface area contributed by atoms with Gasteiger partial charge in [-0.05, 0) is 20.4 Å². The Morgan fingerprint density at radius 3 is 2.33 bits per heavy atom. The van der Waals surface area contributed by atoms with Crippen LogP contribution in [0.1, 0.15) is 26.7 Å². The number of hydrogen-bond acceptors (Lipinski definition) is 1. The van der Waals surface area contributed by atoms with Crippen molar-refractivity contribution in [2.75, 3.05) is 26.2 Å². The average Bonchev–Trinajstić information content (AvgIpc) is 2.02. The predicted octanol–water partition coefficient (Wildman–Crippen LogP) is -1.74. The molecule has 6 N–H and O–H groups in total. The lowest BCUT2D eigenvalue weighted by atomic mass is 10.3. The minimum absolute atomic E-state index is 0.744. The van der Waals surface area contributed by atoms with Gasteiger partial charge in [-0.1, -0.05) is 0 Å². The third-order valence-electron chi connectivity index (χ3n) is 1.86. The molecule has 0 saturated carbocycles. The van der Waals surface area contributed by atoms with Crippen molar-refractivity contribution in [3.63, 3.8) is 0 Å². The summed E-state index contributed by atoms with van der Waals surface area (Å²) in [6, 6.07) is 0.744. The van der Waals surface area contributed by atoms with E-state index in [4.69, 9.17) is 5.73 Å². The smallest absolute Gasteiger partial charge is 0.0811 e. The van der Waals surface area contributed by atoms with Crippen LogP contribution >= 0.6 is 0 Å². The molecular weight excluding hydrogens is 150 g/mol. The van der Waals surface area contributed by atoms with Gasteiger partial charge < -0.3 is 16.4 Å². The highest BCUT2D eigenvalue weighted by atomic mass is 14.9. The molecule has 0 spiro atoms. The van der Waals surface area contributed by atoms with E-state index in [-0.39, 0.29) is 0 Å². The third-order valence-corrected chi connectivity index (χ3v) is 1.86. The topological polar surface area (TPSA) is 59.2 Å². The second kappa shape index (κ2) is 8.97. The van der Waals surface area contributed by atoms with Crippen molar-refractivity contribution in [2.24, 2.45) is 5.73 Å². The highest BCUT2D eigenvalue weighted by molar-refractivity contribution is 4.33. The molecule has 12 heavy (non-hydrogen) atoms. The van der Waals surface area contributed by atoms with Crippen LogP contribution in [-0.4, -0.2) is 32.2 Å². The SMILES string of the molecule is CC(C)[NH2+]CCC[NH2+]CCCN. The summed E-state index contributed by atoms with van der Waals surface area (Å²) in [6.07, 6.45) is 2.46. The van der Waals surface area contributed by atoms with Crippen LogP contribution in [0, 0.1) is 0 Å². The molecule has 0 fully saturated rings. The minimum atomic E-state index is 0.744. The fourth-order valence-electron chi connectivity index (χ4n) is 1.12. The van der Waals surface area contributed by atoms with Gasteiger partial charge in [-0.2, -0.15) is 0 Å². The Morgan fingerprint density at radius 1 is 1.08 bits per heavy atom. The molecule has 3 heteroatoms. The van der Waals surface area contributed by atoms with Gasteiger partial charge in [0.2, 0.25) is 0 Å². The summed E-state index contributed by atoms with van der Waals surface area (Å²) in [5.74, 6) is 0. The van der Waals surface area contributed by atoms with Gasteiger partial charge in [0.05, 0.1) is 25.7 Å². The summed E-state index contributed by atoms with van der Waals surface area (Å²) < 4.78 is 0. The van der Waals surface area contributed by atoms with E-state index in [2.05, 4.69) is 24.5 Å². The highest BCUT2D eigenvalue weighted by Gasteiger charge is 1.96. The molecule has 0 saturated heterocycles. The Labute approximate surface area is 76.1 Å². The van der Waals surface area contributed by atoms with E-state index < -0.39 is 0 Å². The predicted molar refractivity (Wildman–Crippen MR) is 51.9 cm³/mol. The van der Waals surface area contributed by atoms with Crippen molar-refractivity contribution in [3.8, 4) is 0 Å². The third kappa shape index (κ3) is 9.88. The molecule has 74 valence electrons. The van der Waals surface area contributed by atoms with Crippen LogP contribution in [0.15, 0.2) is 0 Å². The van der Waals surface area contributed by atoms with Gasteiger partial charge in [-0.3, -0.25) is 0 Å². The lowest BCUT2D eigenvalue weighted by Crippen LogP contribution is -2.90. The molecule has 0 aromatic heterocycles. The molecule has 3 nitrogen and oxygen atoms in total. The summed E-state index contributed by atoms with van der Waals surface area (Å²) >= 11 is 0. The molecule has 0 aliphatic heterocycles. The van der Waals surface area contributed by atoms with Crippen molar-refractivity contribution in [3.05, 3.63) is 0 Å². The van der Waals surface area contributed by atoms with E-state index in [1.165, 1.54) is 26.1 Å². The van der Waals surface area contributed by atoms with Crippen LogP contribution in [0.2, 0.25) is 0 Å². The standard InChI is InChI=1S/C9H23N3/c1-9(2)12-8-4-7-11-6-3-5-10/h9,11-12H,3-8,10H2,1-2H3/p+2. The van der Waals surface area contributed by atoms with Gasteiger partial charge in [0.15, 0.2) is 0 Å². The summed E-state index contributed by atoms with van der Waals surface area (Å²) in [5.41, 5.74) is 5.38. The van der Waals surface area contributed by atoms with E-state index in [1.54, 1.807) is 0 Å². The van der Waals surface area contributed by atoms with Crippen LogP contribution in [0.4, 0.5) is 0 Å². The van der Waals surface area contributed by atoms with Crippen LogP contribution in [0.25, 0.3) is 0 Å². The zero-order chi connectivity index (χ0) is 9.23. The molecular formula is C9H25N3+2. The molecule has 0 aromatic rings. The summed E-state index contributed by atoms with van der Waals surface area (Å²) in [5, 5.41) is 4.75. The number of rotatable bonds is 8. The Bertz CT molecular complexity index is 83.8.